The molecule has 1 aromatic heterocycles. The average molecular weight is 263 g/mol. The summed E-state index contributed by atoms with van der Waals surface area (Å²) in [5.41, 5.74) is 2.97. The molecule has 0 amide bonds. The number of aromatic nitrogens is 1. The quantitative estimate of drug-likeness (QED) is 0.772. The minimum Gasteiger partial charge on any atom is -0.344 e. The summed E-state index contributed by atoms with van der Waals surface area (Å²) < 4.78 is 3.21. The fourth-order valence-electron chi connectivity index (χ4n) is 2.00. The fourth-order valence-corrected chi connectivity index (χ4v) is 2.35. The molecule has 3 heteroatoms. The number of hydrogen-bond acceptors (Lipinski definition) is 1. The lowest BCUT2D eigenvalue weighted by molar-refractivity contribution is 0.768. The molecular weight excluding hydrogens is 252 g/mol. The van der Waals surface area contributed by atoms with Crippen molar-refractivity contribution in [1.29, 1.82) is 5.26 Å². The Kier molecular flexibility index (Phi) is 2.54. The van der Waals surface area contributed by atoms with E-state index < -0.39 is 0 Å². The Bertz CT molecular complexity index is 561. The van der Waals surface area contributed by atoms with E-state index in [-0.39, 0.29) is 0 Å². The normalized spacial score (nSPS) is 10.5. The summed E-state index contributed by atoms with van der Waals surface area (Å²) in [4.78, 5) is 0. The molecule has 1 aromatic carbocycles. The number of hydrogen-bond donors (Lipinski definition) is 0. The van der Waals surface area contributed by atoms with Gasteiger partial charge in [0.15, 0.2) is 0 Å². The second-order valence-corrected chi connectivity index (χ2v) is 4.39. The highest BCUT2D eigenvalue weighted by molar-refractivity contribution is 9.10. The van der Waals surface area contributed by atoms with Crippen molar-refractivity contribution in [3.05, 3.63) is 33.9 Å². The van der Waals surface area contributed by atoms with Gasteiger partial charge >= 0.3 is 0 Å². The summed E-state index contributed by atoms with van der Waals surface area (Å²) in [6.45, 7) is 4.98. The Labute approximate surface area is 97.3 Å². The largest absolute Gasteiger partial charge is 0.344 e. The van der Waals surface area contributed by atoms with E-state index in [0.717, 1.165) is 33.2 Å². The van der Waals surface area contributed by atoms with Crippen LogP contribution in [0.1, 0.15) is 18.2 Å². The van der Waals surface area contributed by atoms with E-state index in [1.54, 1.807) is 0 Å². The molecular formula is C12H11BrN2. The highest BCUT2D eigenvalue weighted by atomic mass is 79.9. The van der Waals surface area contributed by atoms with Crippen LogP contribution in [0.15, 0.2) is 22.7 Å². The molecule has 0 saturated carbocycles. The van der Waals surface area contributed by atoms with Gasteiger partial charge in [-0.2, -0.15) is 5.26 Å². The highest BCUT2D eigenvalue weighted by Crippen LogP contribution is 2.27. The summed E-state index contributed by atoms with van der Waals surface area (Å²) in [6.07, 6.45) is 0. The van der Waals surface area contributed by atoms with Crippen molar-refractivity contribution in [2.24, 2.45) is 0 Å². The van der Waals surface area contributed by atoms with Crippen molar-refractivity contribution in [3.63, 3.8) is 0 Å². The van der Waals surface area contributed by atoms with Gasteiger partial charge in [0.2, 0.25) is 0 Å². The van der Waals surface area contributed by atoms with E-state index in [2.05, 4.69) is 39.6 Å². The maximum absolute atomic E-state index is 9.12. The number of fused-ring (bicyclic) bond motifs is 1. The minimum atomic E-state index is 0.791. The Morgan fingerprint density at radius 2 is 2.20 bits per heavy atom. The monoisotopic (exact) mass is 262 g/mol. The van der Waals surface area contributed by atoms with Crippen molar-refractivity contribution in [1.82, 2.24) is 4.57 Å². The molecule has 0 unspecified atom stereocenters. The summed E-state index contributed by atoms with van der Waals surface area (Å²) in [5, 5.41) is 10.2. The number of rotatable bonds is 1. The van der Waals surface area contributed by atoms with Gasteiger partial charge in [-0.25, -0.2) is 0 Å². The van der Waals surface area contributed by atoms with Crippen LogP contribution in [-0.2, 0) is 6.54 Å². The molecule has 0 saturated heterocycles. The lowest BCUT2D eigenvalue weighted by Gasteiger charge is -2.03. The fraction of sp³-hybridized carbons (Fsp3) is 0.250. The standard InChI is InChI=1S/C12H11BrN2/c1-3-15-8(2)11(7-14)10-5-4-9(13)6-12(10)15/h4-6H,3H2,1-2H3. The number of nitriles is 1. The summed E-state index contributed by atoms with van der Waals surface area (Å²) in [5.74, 6) is 0. The zero-order valence-corrected chi connectivity index (χ0v) is 10.3. The lowest BCUT2D eigenvalue weighted by atomic mass is 10.1. The van der Waals surface area contributed by atoms with Gasteiger partial charge in [-0.15, -0.1) is 0 Å². The van der Waals surface area contributed by atoms with Crippen LogP contribution in [-0.4, -0.2) is 4.57 Å². The van der Waals surface area contributed by atoms with Gasteiger partial charge in [-0.05, 0) is 26.0 Å². The van der Waals surface area contributed by atoms with E-state index in [1.165, 1.54) is 0 Å². The van der Waals surface area contributed by atoms with Crippen LogP contribution in [0.25, 0.3) is 10.9 Å². The van der Waals surface area contributed by atoms with Crippen LogP contribution < -0.4 is 0 Å². The number of nitrogens with zero attached hydrogens (tertiary/aromatic N) is 2. The molecule has 2 nitrogen and oxygen atoms in total. The van der Waals surface area contributed by atoms with Crippen LogP contribution >= 0.6 is 15.9 Å². The summed E-state index contributed by atoms with van der Waals surface area (Å²) in [6, 6.07) is 8.31. The third kappa shape index (κ3) is 1.46. The first-order chi connectivity index (χ1) is 7.19. The maximum atomic E-state index is 9.12. The van der Waals surface area contributed by atoms with Crippen LogP contribution in [0, 0.1) is 18.3 Å². The molecule has 0 aliphatic rings. The van der Waals surface area contributed by atoms with Crippen molar-refractivity contribution in [3.8, 4) is 6.07 Å². The Morgan fingerprint density at radius 3 is 2.80 bits per heavy atom. The second kappa shape index (κ2) is 3.71. The molecule has 0 N–H and O–H groups in total. The van der Waals surface area contributed by atoms with Crippen LogP contribution in [0.4, 0.5) is 0 Å². The topological polar surface area (TPSA) is 28.7 Å². The van der Waals surface area contributed by atoms with E-state index in [0.29, 0.717) is 0 Å². The average Bonchev–Trinajstić information content (AvgIpc) is 2.48. The predicted molar refractivity (Wildman–Crippen MR) is 64.8 cm³/mol. The Balaban J connectivity index is 2.93. The van der Waals surface area contributed by atoms with E-state index in [1.807, 2.05) is 19.1 Å². The third-order valence-electron chi connectivity index (χ3n) is 2.71. The molecule has 76 valence electrons. The van der Waals surface area contributed by atoms with E-state index in [4.69, 9.17) is 5.26 Å². The van der Waals surface area contributed by atoms with Crippen molar-refractivity contribution in [2.45, 2.75) is 20.4 Å². The van der Waals surface area contributed by atoms with Crippen molar-refractivity contribution >= 4 is 26.8 Å². The Morgan fingerprint density at radius 1 is 1.47 bits per heavy atom. The zero-order valence-electron chi connectivity index (χ0n) is 8.71. The summed E-state index contributed by atoms with van der Waals surface area (Å²) in [7, 11) is 0. The van der Waals surface area contributed by atoms with Crippen molar-refractivity contribution in [2.75, 3.05) is 0 Å². The van der Waals surface area contributed by atoms with Crippen LogP contribution in [0.3, 0.4) is 0 Å². The molecule has 2 aromatic rings. The van der Waals surface area contributed by atoms with Gasteiger partial charge in [-0.3, -0.25) is 0 Å². The number of halogens is 1. The minimum absolute atomic E-state index is 0.791. The van der Waals surface area contributed by atoms with Gasteiger partial charge < -0.3 is 4.57 Å². The first-order valence-electron chi connectivity index (χ1n) is 4.87. The van der Waals surface area contributed by atoms with Gasteiger partial charge in [0, 0.05) is 22.1 Å². The van der Waals surface area contributed by atoms with Crippen LogP contribution in [0.5, 0.6) is 0 Å². The molecule has 0 atom stereocenters. The van der Waals surface area contributed by atoms with E-state index in [9.17, 15) is 0 Å². The third-order valence-corrected chi connectivity index (χ3v) is 3.21. The SMILES string of the molecule is CCn1c(C)c(C#N)c2ccc(Br)cc21. The van der Waals surface area contributed by atoms with Gasteiger partial charge in [-0.1, -0.05) is 22.0 Å². The van der Waals surface area contributed by atoms with Gasteiger partial charge in [0.05, 0.1) is 11.1 Å². The van der Waals surface area contributed by atoms with Crippen LogP contribution in [0.2, 0.25) is 0 Å². The zero-order chi connectivity index (χ0) is 11.0. The number of aryl methyl sites for hydroxylation is 1. The predicted octanol–water partition coefficient (Wildman–Crippen LogP) is 3.60. The molecule has 0 spiro atoms. The molecule has 0 aliphatic heterocycles. The molecule has 0 radical (unpaired) electrons. The molecule has 1 heterocycles. The lowest BCUT2D eigenvalue weighted by Crippen LogP contribution is -1.96. The molecule has 15 heavy (non-hydrogen) atoms. The molecule has 0 bridgehead atoms. The molecule has 2 rings (SSSR count). The Hall–Kier alpha value is -1.27. The molecule has 0 aliphatic carbocycles. The highest BCUT2D eigenvalue weighted by Gasteiger charge is 2.12. The van der Waals surface area contributed by atoms with Gasteiger partial charge in [0.25, 0.3) is 0 Å². The summed E-state index contributed by atoms with van der Waals surface area (Å²) >= 11 is 3.46. The van der Waals surface area contributed by atoms with Crippen molar-refractivity contribution < 1.29 is 0 Å². The maximum Gasteiger partial charge on any atom is 0.102 e. The number of benzene rings is 1. The smallest absolute Gasteiger partial charge is 0.102 e. The van der Waals surface area contributed by atoms with Gasteiger partial charge in [0.1, 0.15) is 6.07 Å². The first-order valence-corrected chi connectivity index (χ1v) is 5.66. The second-order valence-electron chi connectivity index (χ2n) is 3.48. The molecule has 0 fully saturated rings. The first kappa shape index (κ1) is 10.3. The van der Waals surface area contributed by atoms with E-state index >= 15 is 0 Å².